The normalized spacial score (nSPS) is 7.62. The molecule has 0 aliphatic heterocycles. The number of halogens is 1. The monoisotopic (exact) mass is 349 g/mol. The largest absolute Gasteiger partial charge is 0.176 e. The number of benzene rings is 1. The van der Waals surface area contributed by atoms with Crippen LogP contribution in [0.1, 0.15) is 0 Å². The molecule has 0 aliphatic carbocycles. The minimum Gasteiger partial charge on any atom is -0.176 e. The van der Waals surface area contributed by atoms with E-state index < -0.39 is 0 Å². The molecular formula is C6H4ClU-. The number of hydrogen-bond donors (Lipinski definition) is 0. The molecular weight excluding hydrogens is 346 g/mol. The van der Waals surface area contributed by atoms with E-state index in [1.165, 1.54) is 0 Å². The van der Waals surface area contributed by atoms with Gasteiger partial charge in [-0.05, 0) is 0 Å². The predicted octanol–water partition coefficient (Wildman–Crippen LogP) is 2.14. The van der Waals surface area contributed by atoms with Gasteiger partial charge in [-0.2, -0.15) is 30.3 Å². The Morgan fingerprint density at radius 1 is 1.38 bits per heavy atom. The Morgan fingerprint density at radius 3 is 2.38 bits per heavy atom. The van der Waals surface area contributed by atoms with Crippen LogP contribution in [0.2, 0.25) is 5.02 Å². The van der Waals surface area contributed by atoms with Crippen molar-refractivity contribution in [1.29, 1.82) is 0 Å². The molecule has 0 bridgehead atoms. The van der Waals surface area contributed by atoms with E-state index in [2.05, 4.69) is 6.07 Å². The van der Waals surface area contributed by atoms with Crippen molar-refractivity contribution in [2.45, 2.75) is 0 Å². The average molecular weight is 350 g/mol. The van der Waals surface area contributed by atoms with E-state index in [9.17, 15) is 0 Å². The maximum Gasteiger partial charge on any atom is 0 e. The standard InChI is InChI=1S/C6H4Cl.U/c7-6-4-2-1-3-5-6;/h1-4H;/q-1;. The van der Waals surface area contributed by atoms with E-state index >= 15 is 0 Å². The maximum absolute atomic E-state index is 5.48. The Balaban J connectivity index is 0.000000490. The molecule has 0 amide bonds. The van der Waals surface area contributed by atoms with E-state index in [4.69, 9.17) is 11.6 Å². The second kappa shape index (κ2) is 4.44. The van der Waals surface area contributed by atoms with Crippen molar-refractivity contribution in [1.82, 2.24) is 0 Å². The van der Waals surface area contributed by atoms with Crippen LogP contribution in [-0.4, -0.2) is 0 Å². The van der Waals surface area contributed by atoms with Crippen LogP contribution in [0.15, 0.2) is 24.3 Å². The van der Waals surface area contributed by atoms with Crippen molar-refractivity contribution in [3.63, 3.8) is 0 Å². The van der Waals surface area contributed by atoms with E-state index in [1.807, 2.05) is 12.1 Å². The molecule has 40 valence electrons. The number of rotatable bonds is 0. The molecule has 0 radical (unpaired) electrons. The molecule has 1 rings (SSSR count). The topological polar surface area (TPSA) is 0 Å². The van der Waals surface area contributed by atoms with Crippen molar-refractivity contribution >= 4 is 11.6 Å². The molecule has 0 aliphatic rings. The van der Waals surface area contributed by atoms with Gasteiger partial charge in [-0.25, -0.2) is 0 Å². The van der Waals surface area contributed by atoms with E-state index in [0.717, 1.165) is 0 Å². The van der Waals surface area contributed by atoms with Gasteiger partial charge in [0.2, 0.25) is 0 Å². The fourth-order valence-electron chi connectivity index (χ4n) is 0.371. The molecule has 0 N–H and O–H groups in total. The third-order valence-corrected chi connectivity index (χ3v) is 0.906. The molecule has 1 aromatic rings. The van der Waals surface area contributed by atoms with Gasteiger partial charge in [0.15, 0.2) is 0 Å². The predicted molar refractivity (Wildman–Crippen MR) is 30.3 cm³/mol. The Hall–Kier alpha value is 0.562. The summed E-state index contributed by atoms with van der Waals surface area (Å²) in [6.07, 6.45) is 0. The van der Waals surface area contributed by atoms with Gasteiger partial charge in [0.25, 0.3) is 0 Å². The first-order valence-electron chi connectivity index (χ1n) is 2.02. The minimum atomic E-state index is 0. The fraction of sp³-hybridized carbons (Fsp3) is 0. The summed E-state index contributed by atoms with van der Waals surface area (Å²) in [5.41, 5.74) is 0. The smallest absolute Gasteiger partial charge is 0 e. The van der Waals surface area contributed by atoms with E-state index in [0.29, 0.717) is 5.02 Å². The molecule has 0 atom stereocenters. The van der Waals surface area contributed by atoms with Crippen molar-refractivity contribution in [3.05, 3.63) is 35.4 Å². The van der Waals surface area contributed by atoms with Gasteiger partial charge in [-0.15, -0.1) is 11.6 Å². The molecule has 0 unspecified atom stereocenters. The zero-order valence-corrected chi connectivity index (χ0v) is 9.11. The summed E-state index contributed by atoms with van der Waals surface area (Å²) < 4.78 is 0. The van der Waals surface area contributed by atoms with Gasteiger partial charge < -0.3 is 0 Å². The molecule has 0 heterocycles. The van der Waals surface area contributed by atoms with Gasteiger partial charge in [0, 0.05) is 31.1 Å². The third-order valence-electron chi connectivity index (χ3n) is 0.671. The first kappa shape index (κ1) is 8.56. The molecule has 2 heteroatoms. The van der Waals surface area contributed by atoms with Gasteiger partial charge in [0.05, 0.1) is 0 Å². The summed E-state index contributed by atoms with van der Waals surface area (Å²) in [5.74, 6) is 0. The zero-order valence-electron chi connectivity index (χ0n) is 4.19. The second-order valence-electron chi connectivity index (χ2n) is 1.21. The second-order valence-corrected chi connectivity index (χ2v) is 1.62. The molecule has 0 nitrogen and oxygen atoms in total. The average Bonchev–Trinajstić information content (AvgIpc) is 1.69. The van der Waals surface area contributed by atoms with Crippen LogP contribution in [0.4, 0.5) is 0 Å². The van der Waals surface area contributed by atoms with Crippen LogP contribution >= 0.6 is 11.6 Å². The van der Waals surface area contributed by atoms with Crippen molar-refractivity contribution in [2.24, 2.45) is 0 Å². The summed E-state index contributed by atoms with van der Waals surface area (Å²) in [6, 6.07) is 10.1. The van der Waals surface area contributed by atoms with Gasteiger partial charge in [-0.3, -0.25) is 0 Å². The van der Waals surface area contributed by atoms with Gasteiger partial charge in [-0.1, -0.05) is 5.02 Å². The van der Waals surface area contributed by atoms with Crippen LogP contribution in [0.3, 0.4) is 0 Å². The zero-order chi connectivity index (χ0) is 5.11. The first-order chi connectivity index (χ1) is 3.39. The van der Waals surface area contributed by atoms with Crippen molar-refractivity contribution in [3.8, 4) is 0 Å². The van der Waals surface area contributed by atoms with Crippen molar-refractivity contribution < 1.29 is 31.1 Å². The van der Waals surface area contributed by atoms with Gasteiger partial charge >= 0.3 is 0 Å². The maximum atomic E-state index is 5.48. The van der Waals surface area contributed by atoms with Crippen LogP contribution in [0, 0.1) is 37.2 Å². The van der Waals surface area contributed by atoms with Gasteiger partial charge in [0.1, 0.15) is 0 Å². The quantitative estimate of drug-likeness (QED) is 0.630. The molecule has 0 saturated heterocycles. The van der Waals surface area contributed by atoms with E-state index in [1.54, 1.807) is 12.1 Å². The summed E-state index contributed by atoms with van der Waals surface area (Å²) in [5, 5.41) is 0.669. The van der Waals surface area contributed by atoms with E-state index in [-0.39, 0.29) is 31.1 Å². The fourth-order valence-corrected chi connectivity index (χ4v) is 0.507. The Labute approximate surface area is 77.6 Å². The van der Waals surface area contributed by atoms with Crippen LogP contribution in [0.25, 0.3) is 0 Å². The molecule has 8 heavy (non-hydrogen) atoms. The SMILES string of the molecule is Clc1[c-]cccc1.[U]. The first-order valence-corrected chi connectivity index (χ1v) is 2.39. The molecule has 0 spiro atoms. The molecule has 0 fully saturated rings. The number of hydrogen-bond acceptors (Lipinski definition) is 0. The Kier molecular flexibility index (Phi) is 4.75. The van der Waals surface area contributed by atoms with Crippen LogP contribution < -0.4 is 0 Å². The van der Waals surface area contributed by atoms with Crippen LogP contribution in [-0.2, 0) is 0 Å². The van der Waals surface area contributed by atoms with Crippen molar-refractivity contribution in [2.75, 3.05) is 0 Å². The third kappa shape index (κ3) is 2.77. The summed E-state index contributed by atoms with van der Waals surface area (Å²) >= 11 is 5.48. The summed E-state index contributed by atoms with van der Waals surface area (Å²) in [7, 11) is 0. The Morgan fingerprint density at radius 2 is 2.12 bits per heavy atom. The van der Waals surface area contributed by atoms with Crippen LogP contribution in [0.5, 0.6) is 0 Å². The minimum absolute atomic E-state index is 0. The Bertz CT molecular complexity index is 138. The molecule has 0 saturated carbocycles. The molecule has 0 aromatic heterocycles. The summed E-state index contributed by atoms with van der Waals surface area (Å²) in [6.45, 7) is 0. The summed E-state index contributed by atoms with van der Waals surface area (Å²) in [4.78, 5) is 0. The molecule has 1 aromatic carbocycles.